The molecule has 2 rings (SSSR count). The van der Waals surface area contributed by atoms with Gasteiger partial charge in [-0.2, -0.15) is 0 Å². The Morgan fingerprint density at radius 3 is 2.85 bits per heavy atom. The van der Waals surface area contributed by atoms with E-state index in [1.54, 1.807) is 6.92 Å². The Labute approximate surface area is 115 Å². The van der Waals surface area contributed by atoms with Gasteiger partial charge in [-0.3, -0.25) is 9.59 Å². The largest absolute Gasteiger partial charge is 0.478 e. The van der Waals surface area contributed by atoms with Crippen molar-refractivity contribution in [3.8, 4) is 0 Å². The molecule has 108 valence electrons. The molecule has 2 heterocycles. The van der Waals surface area contributed by atoms with E-state index >= 15 is 0 Å². The quantitative estimate of drug-likeness (QED) is 0.824. The van der Waals surface area contributed by atoms with Crippen molar-refractivity contribution in [2.75, 3.05) is 13.1 Å². The Kier molecular flexibility index (Phi) is 3.78. The Morgan fingerprint density at radius 2 is 2.25 bits per heavy atom. The van der Waals surface area contributed by atoms with Crippen LogP contribution in [-0.4, -0.2) is 47.0 Å². The summed E-state index contributed by atoms with van der Waals surface area (Å²) in [6.07, 6.45) is 1.09. The number of carboxylic acids is 1. The first kappa shape index (κ1) is 14.1. The van der Waals surface area contributed by atoms with Crippen LogP contribution in [0.25, 0.3) is 0 Å². The number of fused-ring (bicyclic) bond motifs is 1. The fraction of sp³-hybridized carbons (Fsp3) is 0.462. The summed E-state index contributed by atoms with van der Waals surface area (Å²) in [5.41, 5.74) is -0.0337. The van der Waals surface area contributed by atoms with Crippen molar-refractivity contribution in [3.63, 3.8) is 0 Å². The average molecular weight is 281 g/mol. The van der Waals surface area contributed by atoms with Crippen molar-refractivity contribution >= 4 is 17.8 Å². The van der Waals surface area contributed by atoms with Crippen molar-refractivity contribution in [1.29, 1.82) is 0 Å². The molecule has 20 heavy (non-hydrogen) atoms. The third-order valence-electron chi connectivity index (χ3n) is 3.05. The Morgan fingerprint density at radius 1 is 1.55 bits per heavy atom. The SMILES string of the molecule is CC(=O)OC(C)CN1CCc2occ(C(=O)O)c2C1=O. The van der Waals surface area contributed by atoms with E-state index in [0.717, 1.165) is 6.26 Å². The van der Waals surface area contributed by atoms with Gasteiger partial charge in [0.05, 0.1) is 12.1 Å². The second kappa shape index (κ2) is 5.36. The summed E-state index contributed by atoms with van der Waals surface area (Å²) in [6.45, 7) is 3.61. The molecular weight excluding hydrogens is 266 g/mol. The summed E-state index contributed by atoms with van der Waals surface area (Å²) < 4.78 is 10.1. The molecule has 1 unspecified atom stereocenters. The molecule has 0 spiro atoms. The number of carboxylic acid groups (broad SMARTS) is 1. The van der Waals surface area contributed by atoms with E-state index in [1.165, 1.54) is 11.8 Å². The van der Waals surface area contributed by atoms with Crippen molar-refractivity contribution in [2.24, 2.45) is 0 Å². The molecule has 7 heteroatoms. The number of esters is 1. The fourth-order valence-corrected chi connectivity index (χ4v) is 2.28. The second-order valence-corrected chi connectivity index (χ2v) is 4.67. The van der Waals surface area contributed by atoms with E-state index < -0.39 is 23.9 Å². The highest BCUT2D eigenvalue weighted by atomic mass is 16.5. The molecule has 0 radical (unpaired) electrons. The maximum absolute atomic E-state index is 12.3. The minimum atomic E-state index is -1.20. The van der Waals surface area contributed by atoms with Crippen LogP contribution in [0.5, 0.6) is 0 Å². The smallest absolute Gasteiger partial charge is 0.339 e. The molecule has 0 aromatic carbocycles. The molecule has 1 aliphatic heterocycles. The van der Waals surface area contributed by atoms with Crippen LogP contribution in [0.15, 0.2) is 10.7 Å². The standard InChI is InChI=1S/C13H15NO6/c1-7(20-8(2)15)5-14-4-3-10-11(12(14)16)9(6-19-10)13(17)18/h6-7H,3-5H2,1-2H3,(H,17,18). The number of rotatable bonds is 4. The number of amides is 1. The van der Waals surface area contributed by atoms with E-state index in [1.807, 2.05) is 0 Å². The molecule has 0 bridgehead atoms. The van der Waals surface area contributed by atoms with Gasteiger partial charge in [0.2, 0.25) is 0 Å². The Bertz CT molecular complexity index is 561. The lowest BCUT2D eigenvalue weighted by Gasteiger charge is -2.28. The van der Waals surface area contributed by atoms with E-state index in [0.29, 0.717) is 18.7 Å². The highest BCUT2D eigenvalue weighted by Crippen LogP contribution is 2.24. The number of hydrogen-bond acceptors (Lipinski definition) is 5. The van der Waals surface area contributed by atoms with Gasteiger partial charge in [0.1, 0.15) is 23.7 Å². The summed E-state index contributed by atoms with van der Waals surface area (Å²) in [5, 5.41) is 9.03. The number of ether oxygens (including phenoxy) is 1. The molecule has 1 aromatic heterocycles. The summed E-state index contributed by atoms with van der Waals surface area (Å²) in [7, 11) is 0. The van der Waals surface area contributed by atoms with Gasteiger partial charge in [0.25, 0.3) is 5.91 Å². The molecule has 0 saturated heterocycles. The molecule has 1 amide bonds. The number of carbonyl (C=O) groups excluding carboxylic acids is 2. The van der Waals surface area contributed by atoms with Gasteiger partial charge >= 0.3 is 11.9 Å². The third kappa shape index (κ3) is 2.66. The number of carbonyl (C=O) groups is 3. The lowest BCUT2D eigenvalue weighted by molar-refractivity contribution is -0.146. The Hall–Kier alpha value is -2.31. The van der Waals surface area contributed by atoms with E-state index in [9.17, 15) is 14.4 Å². The summed E-state index contributed by atoms with van der Waals surface area (Å²) in [5.74, 6) is -1.63. The van der Waals surface area contributed by atoms with Crippen molar-refractivity contribution in [3.05, 3.63) is 23.2 Å². The minimum Gasteiger partial charge on any atom is -0.478 e. The highest BCUT2D eigenvalue weighted by molar-refractivity contribution is 6.06. The summed E-state index contributed by atoms with van der Waals surface area (Å²) >= 11 is 0. The lowest BCUT2D eigenvalue weighted by atomic mass is 10.0. The van der Waals surface area contributed by atoms with E-state index in [4.69, 9.17) is 14.3 Å². The van der Waals surface area contributed by atoms with Crippen LogP contribution in [0.4, 0.5) is 0 Å². The predicted octanol–water partition coefficient (Wildman–Crippen LogP) is 0.928. The van der Waals surface area contributed by atoms with Gasteiger partial charge in [-0.25, -0.2) is 4.79 Å². The van der Waals surface area contributed by atoms with E-state index in [-0.39, 0.29) is 17.7 Å². The zero-order valence-electron chi connectivity index (χ0n) is 11.2. The van der Waals surface area contributed by atoms with Gasteiger partial charge in [-0.05, 0) is 6.92 Å². The summed E-state index contributed by atoms with van der Waals surface area (Å²) in [6, 6.07) is 0. The molecule has 0 saturated carbocycles. The van der Waals surface area contributed by atoms with Crippen molar-refractivity contribution in [1.82, 2.24) is 4.90 Å². The van der Waals surface area contributed by atoms with Gasteiger partial charge in [0, 0.05) is 19.9 Å². The van der Waals surface area contributed by atoms with Crippen LogP contribution in [0, 0.1) is 0 Å². The highest BCUT2D eigenvalue weighted by Gasteiger charge is 2.33. The average Bonchev–Trinajstić information content (AvgIpc) is 2.76. The molecule has 7 nitrogen and oxygen atoms in total. The molecule has 1 aliphatic rings. The minimum absolute atomic E-state index is 0.0961. The monoisotopic (exact) mass is 281 g/mol. The predicted molar refractivity (Wildman–Crippen MR) is 66.5 cm³/mol. The number of aromatic carboxylic acids is 1. The summed E-state index contributed by atoms with van der Waals surface area (Å²) in [4.78, 5) is 35.7. The maximum Gasteiger partial charge on any atom is 0.339 e. The number of nitrogens with zero attached hydrogens (tertiary/aromatic N) is 1. The third-order valence-corrected chi connectivity index (χ3v) is 3.05. The van der Waals surface area contributed by atoms with Gasteiger partial charge in [-0.1, -0.05) is 0 Å². The first-order valence-electron chi connectivity index (χ1n) is 6.20. The Balaban J connectivity index is 2.16. The first-order valence-corrected chi connectivity index (χ1v) is 6.20. The number of hydrogen-bond donors (Lipinski definition) is 1. The van der Waals surface area contributed by atoms with Gasteiger partial charge in [-0.15, -0.1) is 0 Å². The molecule has 1 aromatic rings. The van der Waals surface area contributed by atoms with Gasteiger partial charge in [0.15, 0.2) is 0 Å². The number of furan rings is 1. The zero-order chi connectivity index (χ0) is 14.9. The molecule has 1 atom stereocenters. The zero-order valence-corrected chi connectivity index (χ0v) is 11.2. The normalized spacial score (nSPS) is 15.7. The van der Waals surface area contributed by atoms with Crippen molar-refractivity contribution < 1.29 is 28.6 Å². The first-order chi connectivity index (χ1) is 9.40. The maximum atomic E-state index is 12.3. The molecule has 1 N–H and O–H groups in total. The van der Waals surface area contributed by atoms with Crippen molar-refractivity contribution in [2.45, 2.75) is 26.4 Å². The molecular formula is C13H15NO6. The fourth-order valence-electron chi connectivity index (χ4n) is 2.28. The second-order valence-electron chi connectivity index (χ2n) is 4.67. The van der Waals surface area contributed by atoms with Crippen LogP contribution in [0.2, 0.25) is 0 Å². The van der Waals surface area contributed by atoms with E-state index in [2.05, 4.69) is 0 Å². The van der Waals surface area contributed by atoms with Crippen LogP contribution in [0.3, 0.4) is 0 Å². The van der Waals surface area contributed by atoms with Crippen LogP contribution in [0.1, 0.15) is 40.3 Å². The lowest BCUT2D eigenvalue weighted by Crippen LogP contribution is -2.42. The molecule has 0 aliphatic carbocycles. The topological polar surface area (TPSA) is 97.1 Å². The van der Waals surface area contributed by atoms with Gasteiger partial charge < -0.3 is 19.2 Å². The van der Waals surface area contributed by atoms with Crippen LogP contribution < -0.4 is 0 Å². The molecule has 0 fully saturated rings. The van der Waals surface area contributed by atoms with Crippen LogP contribution in [-0.2, 0) is 16.0 Å². The van der Waals surface area contributed by atoms with Crippen LogP contribution >= 0.6 is 0 Å².